The van der Waals surface area contributed by atoms with E-state index in [2.05, 4.69) is 48.1 Å². The molecule has 0 aromatic carbocycles. The van der Waals surface area contributed by atoms with E-state index in [0.29, 0.717) is 6.61 Å². The van der Waals surface area contributed by atoms with Crippen molar-refractivity contribution in [2.24, 2.45) is 0 Å². The molecule has 0 aromatic rings. The lowest BCUT2D eigenvalue weighted by atomic mass is 10.2. The maximum atomic E-state index is 10.3. The molecule has 0 unspecified atom stereocenters. The fraction of sp³-hybridized carbons (Fsp3) is 0.632. The Morgan fingerprint density at radius 1 is 0.818 bits per heavy atom. The van der Waals surface area contributed by atoms with Crippen molar-refractivity contribution in [3.05, 3.63) is 36.5 Å². The molecule has 0 atom stereocenters. The summed E-state index contributed by atoms with van der Waals surface area (Å²) in [5, 5.41) is 0. The maximum Gasteiger partial charge on any atom is 0.403 e. The third-order valence-corrected chi connectivity index (χ3v) is 3.36. The maximum absolute atomic E-state index is 10.3. The summed E-state index contributed by atoms with van der Waals surface area (Å²) in [4.78, 5) is 10.3. The monoisotopic (exact) mass is 326 g/mol. The molecule has 0 heterocycles. The van der Waals surface area contributed by atoms with Gasteiger partial charge in [0.05, 0.1) is 6.61 Å². The van der Waals surface area contributed by atoms with Crippen molar-refractivity contribution in [1.82, 2.24) is 0 Å². The predicted octanol–water partition coefficient (Wildman–Crippen LogP) is 6.95. The van der Waals surface area contributed by atoms with Gasteiger partial charge in [0.25, 0.3) is 0 Å². The molecule has 0 N–H and O–H groups in total. The lowest BCUT2D eigenvalue weighted by Crippen LogP contribution is -1.95. The van der Waals surface area contributed by atoms with Crippen LogP contribution in [-0.4, -0.2) is 12.0 Å². The molecule has 0 saturated carbocycles. The number of rotatable bonds is 14. The SMILES string of the molecule is CCCCC/C=C\C/C=C\C/C=C\CCCCCOC(=O)Cl. The van der Waals surface area contributed by atoms with Gasteiger partial charge in [0.2, 0.25) is 0 Å². The van der Waals surface area contributed by atoms with Crippen molar-refractivity contribution in [2.45, 2.75) is 71.1 Å². The van der Waals surface area contributed by atoms with Gasteiger partial charge in [-0.2, -0.15) is 0 Å². The molecule has 0 aromatic heterocycles. The third-order valence-electron chi connectivity index (χ3n) is 3.25. The van der Waals surface area contributed by atoms with Crippen LogP contribution in [0.4, 0.5) is 4.79 Å². The first-order valence-electron chi connectivity index (χ1n) is 8.54. The fourth-order valence-electron chi connectivity index (χ4n) is 1.98. The van der Waals surface area contributed by atoms with Gasteiger partial charge in [-0.05, 0) is 51.4 Å². The van der Waals surface area contributed by atoms with Crippen molar-refractivity contribution in [2.75, 3.05) is 6.61 Å². The molecule has 0 amide bonds. The molecule has 22 heavy (non-hydrogen) atoms. The summed E-state index contributed by atoms with van der Waals surface area (Å²) >= 11 is 5.07. The van der Waals surface area contributed by atoms with Crippen LogP contribution < -0.4 is 0 Å². The van der Waals surface area contributed by atoms with Gasteiger partial charge in [-0.15, -0.1) is 0 Å². The van der Waals surface area contributed by atoms with Gasteiger partial charge in [-0.1, -0.05) is 56.2 Å². The minimum atomic E-state index is -0.706. The van der Waals surface area contributed by atoms with E-state index in [9.17, 15) is 4.79 Å². The number of ether oxygens (including phenoxy) is 1. The lowest BCUT2D eigenvalue weighted by molar-refractivity contribution is 0.171. The molecule has 0 bridgehead atoms. The van der Waals surface area contributed by atoms with Crippen molar-refractivity contribution in [3.63, 3.8) is 0 Å². The standard InChI is InChI=1S/C19H31ClO2/c1-2-3-4-5-6-7-8-9-10-11-12-13-14-15-16-17-18-22-19(20)21/h6-7,9-10,12-13H,2-5,8,11,14-18H2,1H3/b7-6-,10-9-,13-12-. The summed E-state index contributed by atoms with van der Waals surface area (Å²) in [6.45, 7) is 2.67. The predicted molar refractivity (Wildman–Crippen MR) is 96.5 cm³/mol. The van der Waals surface area contributed by atoms with Crippen molar-refractivity contribution in [3.8, 4) is 0 Å². The Kier molecular flexibility index (Phi) is 17.2. The fourth-order valence-corrected chi connectivity index (χ4v) is 2.06. The van der Waals surface area contributed by atoms with Gasteiger partial charge >= 0.3 is 5.43 Å². The molecule has 0 spiro atoms. The molecule has 0 aliphatic carbocycles. The summed E-state index contributed by atoms with van der Waals surface area (Å²) < 4.78 is 4.65. The van der Waals surface area contributed by atoms with Crippen LogP contribution in [0.5, 0.6) is 0 Å². The van der Waals surface area contributed by atoms with Crippen LogP contribution in [-0.2, 0) is 4.74 Å². The molecule has 0 fully saturated rings. The van der Waals surface area contributed by atoms with Gasteiger partial charge in [-0.3, -0.25) is 0 Å². The normalized spacial score (nSPS) is 11.9. The Labute approximate surface area is 141 Å². The minimum Gasteiger partial charge on any atom is -0.454 e. The van der Waals surface area contributed by atoms with Crippen molar-refractivity contribution in [1.29, 1.82) is 0 Å². The highest BCUT2D eigenvalue weighted by Crippen LogP contribution is 2.03. The number of carbonyl (C=O) groups excluding carboxylic acids is 1. The van der Waals surface area contributed by atoms with Crippen LogP contribution in [0.1, 0.15) is 71.1 Å². The van der Waals surface area contributed by atoms with E-state index in [1.165, 1.54) is 25.7 Å². The van der Waals surface area contributed by atoms with Crippen LogP contribution in [0.2, 0.25) is 0 Å². The van der Waals surface area contributed by atoms with E-state index in [1.807, 2.05) is 0 Å². The molecular formula is C19H31ClO2. The molecule has 0 aliphatic rings. The van der Waals surface area contributed by atoms with Gasteiger partial charge in [0, 0.05) is 11.6 Å². The van der Waals surface area contributed by atoms with E-state index in [-0.39, 0.29) is 0 Å². The highest BCUT2D eigenvalue weighted by Gasteiger charge is 1.94. The molecule has 0 radical (unpaired) electrons. The largest absolute Gasteiger partial charge is 0.454 e. The highest BCUT2D eigenvalue weighted by molar-refractivity contribution is 6.61. The first kappa shape index (κ1) is 21.0. The Morgan fingerprint density at radius 3 is 1.91 bits per heavy atom. The van der Waals surface area contributed by atoms with E-state index in [4.69, 9.17) is 11.6 Å². The molecule has 2 nitrogen and oxygen atoms in total. The summed E-state index contributed by atoms with van der Waals surface area (Å²) in [6.07, 6.45) is 24.8. The zero-order valence-corrected chi connectivity index (χ0v) is 14.7. The first-order valence-corrected chi connectivity index (χ1v) is 8.92. The number of carbonyl (C=O) groups is 1. The zero-order chi connectivity index (χ0) is 16.3. The van der Waals surface area contributed by atoms with Crippen LogP contribution in [0.3, 0.4) is 0 Å². The number of unbranched alkanes of at least 4 members (excludes halogenated alkanes) is 6. The Morgan fingerprint density at radius 2 is 1.36 bits per heavy atom. The smallest absolute Gasteiger partial charge is 0.403 e. The molecule has 0 saturated heterocycles. The summed E-state index contributed by atoms with van der Waals surface area (Å²) in [6, 6.07) is 0. The number of allylic oxidation sites excluding steroid dienone is 6. The Hall–Kier alpha value is -1.02. The van der Waals surface area contributed by atoms with Crippen LogP contribution in [0, 0.1) is 0 Å². The second-order valence-corrected chi connectivity index (χ2v) is 5.63. The average Bonchev–Trinajstić information content (AvgIpc) is 2.50. The molecule has 3 heteroatoms. The van der Waals surface area contributed by atoms with Crippen LogP contribution in [0.25, 0.3) is 0 Å². The van der Waals surface area contributed by atoms with E-state index >= 15 is 0 Å². The topological polar surface area (TPSA) is 26.3 Å². The molecular weight excluding hydrogens is 296 g/mol. The van der Waals surface area contributed by atoms with Gasteiger partial charge in [0.15, 0.2) is 0 Å². The van der Waals surface area contributed by atoms with Gasteiger partial charge in [-0.25, -0.2) is 4.79 Å². The number of hydrogen-bond acceptors (Lipinski definition) is 2. The minimum absolute atomic E-state index is 0.431. The lowest BCUT2D eigenvalue weighted by Gasteiger charge is -1.98. The number of halogens is 1. The van der Waals surface area contributed by atoms with Crippen LogP contribution >= 0.6 is 11.6 Å². The van der Waals surface area contributed by atoms with E-state index < -0.39 is 5.43 Å². The molecule has 0 aliphatic heterocycles. The summed E-state index contributed by atoms with van der Waals surface area (Å²) in [5.41, 5.74) is -0.706. The molecule has 126 valence electrons. The van der Waals surface area contributed by atoms with Crippen molar-refractivity contribution < 1.29 is 9.53 Å². The number of hydrogen-bond donors (Lipinski definition) is 0. The first-order chi connectivity index (χ1) is 10.8. The van der Waals surface area contributed by atoms with Crippen molar-refractivity contribution >= 4 is 17.0 Å². The second kappa shape index (κ2) is 18.0. The third kappa shape index (κ3) is 19.0. The average molecular weight is 327 g/mol. The van der Waals surface area contributed by atoms with E-state index in [0.717, 1.165) is 38.5 Å². The zero-order valence-electron chi connectivity index (χ0n) is 13.9. The summed E-state index contributed by atoms with van der Waals surface area (Å²) in [5.74, 6) is 0. The van der Waals surface area contributed by atoms with E-state index in [1.54, 1.807) is 0 Å². The molecule has 0 rings (SSSR count). The quantitative estimate of drug-likeness (QED) is 0.196. The second-order valence-electron chi connectivity index (χ2n) is 5.32. The summed E-state index contributed by atoms with van der Waals surface area (Å²) in [7, 11) is 0. The Balaban J connectivity index is 3.29. The van der Waals surface area contributed by atoms with Gasteiger partial charge < -0.3 is 4.74 Å². The Bertz CT molecular complexity index is 332. The van der Waals surface area contributed by atoms with Crippen LogP contribution in [0.15, 0.2) is 36.5 Å². The van der Waals surface area contributed by atoms with Gasteiger partial charge in [0.1, 0.15) is 0 Å². The highest BCUT2D eigenvalue weighted by atomic mass is 35.5.